The molecule has 1 aliphatic carbocycles. The number of methoxy groups -OCH3 is 4. The third kappa shape index (κ3) is 4.79. The summed E-state index contributed by atoms with van der Waals surface area (Å²) in [6.45, 7) is 0. The fourth-order valence-corrected chi connectivity index (χ4v) is 4.49. The molecule has 32 heavy (non-hydrogen) atoms. The number of aryl methyl sites for hydroxylation is 1. The van der Waals surface area contributed by atoms with Gasteiger partial charge in [0.25, 0.3) is 0 Å². The molecule has 0 radical (unpaired) electrons. The number of ether oxygens (including phenoxy) is 4. The highest BCUT2D eigenvalue weighted by atomic mass is 127. The summed E-state index contributed by atoms with van der Waals surface area (Å²) in [7, 11) is 6.19. The van der Waals surface area contributed by atoms with Crippen molar-refractivity contribution in [2.45, 2.75) is 31.7 Å². The monoisotopic (exact) mass is 553 g/mol. The maximum Gasteiger partial charge on any atom is 0.220 e. The Morgan fingerprint density at radius 2 is 1.75 bits per heavy atom. The van der Waals surface area contributed by atoms with E-state index in [-0.39, 0.29) is 23.1 Å². The molecule has 1 aliphatic rings. The number of hydrogen-bond acceptors (Lipinski definition) is 6. The van der Waals surface area contributed by atoms with E-state index in [9.17, 15) is 9.59 Å². The van der Waals surface area contributed by atoms with Gasteiger partial charge >= 0.3 is 0 Å². The van der Waals surface area contributed by atoms with Crippen LogP contribution < -0.4 is 29.7 Å². The minimum atomic E-state index is -0.328. The zero-order valence-corrected chi connectivity index (χ0v) is 20.9. The van der Waals surface area contributed by atoms with Gasteiger partial charge in [0.2, 0.25) is 17.1 Å². The quantitative estimate of drug-likeness (QED) is 0.392. The lowest BCUT2D eigenvalue weighted by molar-refractivity contribution is -0.121. The van der Waals surface area contributed by atoms with Crippen LogP contribution in [0.1, 0.15) is 36.4 Å². The lowest BCUT2D eigenvalue weighted by Crippen LogP contribution is -2.29. The Hall–Kier alpha value is -2.49. The summed E-state index contributed by atoms with van der Waals surface area (Å²) in [6.07, 6.45) is 2.53. The number of nitrogens with one attached hydrogen (secondary N) is 1. The molecule has 0 heterocycles. The summed E-state index contributed by atoms with van der Waals surface area (Å²) < 4.78 is 23.1. The first-order valence-corrected chi connectivity index (χ1v) is 11.9. The number of amides is 1. The molecule has 172 valence electrons. The Kier molecular flexibility index (Phi) is 8.22. The Bertz CT molecular complexity index is 1060. The number of carbonyl (C=O) groups excluding carboxylic acids is 1. The molecular formula is C24H28INO6. The Morgan fingerprint density at radius 3 is 2.38 bits per heavy atom. The predicted octanol–water partition coefficient (Wildman–Crippen LogP) is 4.07. The van der Waals surface area contributed by atoms with Crippen molar-refractivity contribution in [3.63, 3.8) is 0 Å². The molecule has 0 fully saturated rings. The molecule has 7 nitrogen and oxygen atoms in total. The van der Waals surface area contributed by atoms with Crippen molar-refractivity contribution in [2.75, 3.05) is 32.9 Å². The van der Waals surface area contributed by atoms with E-state index in [1.54, 1.807) is 33.5 Å². The van der Waals surface area contributed by atoms with E-state index < -0.39 is 0 Å². The largest absolute Gasteiger partial charge is 0.493 e. The average molecular weight is 553 g/mol. The Morgan fingerprint density at radius 1 is 1.03 bits per heavy atom. The maximum absolute atomic E-state index is 12.8. The van der Waals surface area contributed by atoms with Crippen molar-refractivity contribution < 1.29 is 23.7 Å². The highest BCUT2D eigenvalue weighted by molar-refractivity contribution is 14.1. The van der Waals surface area contributed by atoms with E-state index in [0.717, 1.165) is 33.1 Å². The average Bonchev–Trinajstić information content (AvgIpc) is 3.04. The van der Waals surface area contributed by atoms with E-state index in [1.807, 2.05) is 12.1 Å². The van der Waals surface area contributed by atoms with Gasteiger partial charge in [0.1, 0.15) is 0 Å². The van der Waals surface area contributed by atoms with Crippen LogP contribution in [0.25, 0.3) is 11.1 Å². The van der Waals surface area contributed by atoms with Crippen LogP contribution in [-0.2, 0) is 11.2 Å². The van der Waals surface area contributed by atoms with Crippen molar-refractivity contribution in [3.05, 3.63) is 45.6 Å². The second-order valence-corrected chi connectivity index (χ2v) is 8.49. The van der Waals surface area contributed by atoms with Gasteiger partial charge in [0.05, 0.1) is 34.5 Å². The Labute approximate surface area is 201 Å². The van der Waals surface area contributed by atoms with Gasteiger partial charge in [-0.2, -0.15) is 0 Å². The first-order chi connectivity index (χ1) is 15.5. The van der Waals surface area contributed by atoms with Crippen LogP contribution >= 0.6 is 22.6 Å². The van der Waals surface area contributed by atoms with Gasteiger partial charge in [-0.3, -0.25) is 9.59 Å². The van der Waals surface area contributed by atoms with Crippen molar-refractivity contribution >= 4 is 28.5 Å². The Balaban J connectivity index is 2.28. The van der Waals surface area contributed by atoms with Gasteiger partial charge in [0.15, 0.2) is 17.2 Å². The number of rotatable bonds is 8. The normalized spacial score (nSPS) is 14.5. The zero-order valence-electron chi connectivity index (χ0n) is 18.7. The first kappa shape index (κ1) is 24.2. The standard InChI is InChI=1S/C24H28INO6/c1-29-19-10-8-15-16(13-18(19)27)17(26-21(28)6-5-11-25)9-7-14-12-20(30-2)23(31-3)24(32-4)22(14)15/h8,10,12-13,17H,5-7,9,11H2,1-4H3,(H,26,28)/t17-/m0/s1. The second-order valence-electron chi connectivity index (χ2n) is 7.41. The molecule has 0 aliphatic heterocycles. The van der Waals surface area contributed by atoms with Gasteiger partial charge in [-0.15, -0.1) is 0 Å². The van der Waals surface area contributed by atoms with Crippen LogP contribution in [-0.4, -0.2) is 38.8 Å². The minimum Gasteiger partial charge on any atom is -0.493 e. The van der Waals surface area contributed by atoms with Gasteiger partial charge < -0.3 is 24.3 Å². The van der Waals surface area contributed by atoms with Crippen molar-refractivity contribution in [2.24, 2.45) is 0 Å². The number of hydrogen-bond donors (Lipinski definition) is 1. The topological polar surface area (TPSA) is 83.1 Å². The highest BCUT2D eigenvalue weighted by Gasteiger charge is 2.29. The second kappa shape index (κ2) is 10.9. The number of halogens is 1. The van der Waals surface area contributed by atoms with Crippen LogP contribution in [0.3, 0.4) is 0 Å². The number of carbonyl (C=O) groups is 1. The van der Waals surface area contributed by atoms with Crippen LogP contribution in [0, 0.1) is 0 Å². The van der Waals surface area contributed by atoms with E-state index in [4.69, 9.17) is 18.9 Å². The van der Waals surface area contributed by atoms with Gasteiger partial charge in [-0.05, 0) is 54.2 Å². The van der Waals surface area contributed by atoms with Crippen molar-refractivity contribution in [1.82, 2.24) is 5.32 Å². The van der Waals surface area contributed by atoms with Crippen molar-refractivity contribution in [1.29, 1.82) is 0 Å². The molecule has 1 atom stereocenters. The zero-order chi connectivity index (χ0) is 23.3. The summed E-state index contributed by atoms with van der Waals surface area (Å²) in [4.78, 5) is 25.4. The third-order valence-electron chi connectivity index (χ3n) is 5.59. The van der Waals surface area contributed by atoms with Crippen LogP contribution in [0.2, 0.25) is 0 Å². The van der Waals surface area contributed by atoms with E-state index in [2.05, 4.69) is 27.9 Å². The molecule has 0 saturated carbocycles. The first-order valence-electron chi connectivity index (χ1n) is 10.4. The molecule has 8 heteroatoms. The SMILES string of the molecule is COc1cc2c(c(OC)c1OC)-c1ccc(OC)c(=O)cc1[C@@H](NC(=O)CCCI)CC2. The lowest BCUT2D eigenvalue weighted by atomic mass is 9.95. The molecule has 0 aromatic heterocycles. The fraction of sp³-hybridized carbons (Fsp3) is 0.417. The van der Waals surface area contributed by atoms with Gasteiger partial charge in [0, 0.05) is 16.4 Å². The molecular weight excluding hydrogens is 525 g/mol. The summed E-state index contributed by atoms with van der Waals surface area (Å²) >= 11 is 2.26. The van der Waals surface area contributed by atoms with E-state index in [0.29, 0.717) is 36.5 Å². The molecule has 1 amide bonds. The number of fused-ring (bicyclic) bond motifs is 3. The number of alkyl halides is 1. The fourth-order valence-electron chi connectivity index (χ4n) is 4.11. The third-order valence-corrected chi connectivity index (χ3v) is 6.36. The molecule has 0 spiro atoms. The molecule has 2 aromatic carbocycles. The van der Waals surface area contributed by atoms with E-state index >= 15 is 0 Å². The molecule has 0 saturated heterocycles. The summed E-state index contributed by atoms with van der Waals surface area (Å²) in [5.74, 6) is 1.77. The van der Waals surface area contributed by atoms with Crippen LogP contribution in [0.15, 0.2) is 29.1 Å². The van der Waals surface area contributed by atoms with Crippen molar-refractivity contribution in [3.8, 4) is 34.1 Å². The number of benzene rings is 1. The predicted molar refractivity (Wildman–Crippen MR) is 132 cm³/mol. The molecule has 2 aromatic rings. The molecule has 3 rings (SSSR count). The van der Waals surface area contributed by atoms with Crippen LogP contribution in [0.4, 0.5) is 0 Å². The van der Waals surface area contributed by atoms with Gasteiger partial charge in [-0.1, -0.05) is 28.7 Å². The molecule has 0 bridgehead atoms. The lowest BCUT2D eigenvalue weighted by Gasteiger charge is -2.20. The summed E-state index contributed by atoms with van der Waals surface area (Å²) in [6, 6.07) is 6.66. The van der Waals surface area contributed by atoms with Gasteiger partial charge in [-0.25, -0.2) is 0 Å². The summed E-state index contributed by atoms with van der Waals surface area (Å²) in [5, 5.41) is 3.13. The van der Waals surface area contributed by atoms with Crippen LogP contribution in [0.5, 0.6) is 23.0 Å². The van der Waals surface area contributed by atoms with E-state index in [1.165, 1.54) is 7.11 Å². The maximum atomic E-state index is 12.8. The smallest absolute Gasteiger partial charge is 0.220 e. The molecule has 0 unspecified atom stereocenters. The minimum absolute atomic E-state index is 0.0309. The molecule has 1 N–H and O–H groups in total. The summed E-state index contributed by atoms with van der Waals surface area (Å²) in [5.41, 5.74) is 3.08. The highest BCUT2D eigenvalue weighted by Crippen LogP contribution is 2.50.